The van der Waals surface area contributed by atoms with Crippen LogP contribution in [-0.2, 0) is 52.4 Å². The number of hydrogen-bond acceptors (Lipinski definition) is 12. The Labute approximate surface area is 166 Å². The monoisotopic (exact) mass is 419 g/mol. The second kappa shape index (κ2) is 10.2. The molecule has 1 heterocycles. The third-order valence-electron chi connectivity index (χ3n) is 3.82. The van der Waals surface area contributed by atoms with Crippen LogP contribution in [-0.4, -0.2) is 73.2 Å². The molecule has 164 valence electrons. The van der Waals surface area contributed by atoms with Crippen LogP contribution in [0.1, 0.15) is 34.6 Å². The largest absolute Gasteiger partial charge is 0.463 e. The van der Waals surface area contributed by atoms with Crippen LogP contribution in [0.5, 0.6) is 0 Å². The zero-order valence-corrected chi connectivity index (χ0v) is 16.8. The van der Waals surface area contributed by atoms with Gasteiger partial charge in [-0.25, -0.2) is 0 Å². The van der Waals surface area contributed by atoms with Gasteiger partial charge in [0.05, 0.1) is 0 Å². The Hall–Kier alpha value is -2.73. The van der Waals surface area contributed by atoms with Crippen molar-refractivity contribution in [2.24, 2.45) is 5.73 Å². The maximum atomic E-state index is 11.8. The maximum Gasteiger partial charge on any atom is 0.305 e. The van der Waals surface area contributed by atoms with E-state index in [4.69, 9.17) is 34.2 Å². The van der Waals surface area contributed by atoms with Crippen LogP contribution in [0.25, 0.3) is 0 Å². The quantitative estimate of drug-likeness (QED) is 0.394. The molecule has 0 aromatic heterocycles. The van der Waals surface area contributed by atoms with Gasteiger partial charge in [-0.05, 0) is 0 Å². The third-order valence-corrected chi connectivity index (χ3v) is 3.82. The average molecular weight is 419 g/mol. The molecule has 0 spiro atoms. The van der Waals surface area contributed by atoms with Gasteiger partial charge in [0.2, 0.25) is 11.9 Å². The van der Waals surface area contributed by atoms with E-state index in [0.29, 0.717) is 0 Å². The standard InChI is InChI=1S/C17H25NO11/c1-8(19)24-6-13-14(25-9(2)20)15(26-10(3)21)17(7-18,29-12(5)23)16(28-13)27-11(4)22/h13-16H,6-7,18H2,1-5H3/t13-,14-,15+,16+,17+/m1/s1. The number of rotatable bonds is 7. The number of nitrogens with two attached hydrogens (primary N) is 1. The Kier molecular flexibility index (Phi) is 8.52. The normalized spacial score (nSPS) is 28.6. The summed E-state index contributed by atoms with van der Waals surface area (Å²) in [5, 5.41) is 0. The van der Waals surface area contributed by atoms with Gasteiger partial charge in [-0.1, -0.05) is 0 Å². The molecule has 12 nitrogen and oxygen atoms in total. The van der Waals surface area contributed by atoms with Crippen LogP contribution in [0.4, 0.5) is 0 Å². The minimum atomic E-state index is -2.03. The van der Waals surface area contributed by atoms with E-state index in [1.165, 1.54) is 0 Å². The summed E-state index contributed by atoms with van der Waals surface area (Å²) in [7, 11) is 0. The predicted molar refractivity (Wildman–Crippen MR) is 91.7 cm³/mol. The van der Waals surface area contributed by atoms with Gasteiger partial charge in [0.1, 0.15) is 12.7 Å². The molecule has 0 bridgehead atoms. The Morgan fingerprint density at radius 1 is 0.828 bits per heavy atom. The number of esters is 5. The van der Waals surface area contributed by atoms with Gasteiger partial charge in [-0.3, -0.25) is 24.0 Å². The van der Waals surface area contributed by atoms with Crippen LogP contribution >= 0.6 is 0 Å². The van der Waals surface area contributed by atoms with Crippen molar-refractivity contribution >= 4 is 29.8 Å². The predicted octanol–water partition coefficient (Wildman–Crippen LogP) is -1.04. The van der Waals surface area contributed by atoms with E-state index in [2.05, 4.69) is 0 Å². The summed E-state index contributed by atoms with van der Waals surface area (Å²) in [4.78, 5) is 58.0. The molecule has 0 aliphatic carbocycles. The summed E-state index contributed by atoms with van der Waals surface area (Å²) in [6.07, 6.45) is -5.81. The molecule has 0 amide bonds. The summed E-state index contributed by atoms with van der Waals surface area (Å²) in [5.41, 5.74) is 3.78. The second-order valence-electron chi connectivity index (χ2n) is 6.28. The first kappa shape index (κ1) is 24.3. The molecule has 0 radical (unpaired) electrons. The van der Waals surface area contributed by atoms with Crippen molar-refractivity contribution in [2.45, 2.75) is 64.8 Å². The highest BCUT2D eigenvalue weighted by Gasteiger charge is 2.63. The van der Waals surface area contributed by atoms with E-state index in [0.717, 1.165) is 34.6 Å². The summed E-state index contributed by atoms with van der Waals surface area (Å²) < 4.78 is 31.4. The number of carbonyl (C=O) groups excluding carboxylic acids is 5. The van der Waals surface area contributed by atoms with Crippen LogP contribution in [0.15, 0.2) is 0 Å². The zero-order chi connectivity index (χ0) is 22.4. The van der Waals surface area contributed by atoms with E-state index in [1.807, 2.05) is 0 Å². The highest BCUT2D eigenvalue weighted by atomic mass is 16.8. The third kappa shape index (κ3) is 6.39. The number of carbonyl (C=O) groups is 5. The Balaban J connectivity index is 3.54. The maximum absolute atomic E-state index is 11.8. The van der Waals surface area contributed by atoms with Gasteiger partial charge in [-0.15, -0.1) is 0 Å². The molecular formula is C17H25NO11. The molecule has 1 saturated heterocycles. The van der Waals surface area contributed by atoms with E-state index in [9.17, 15) is 24.0 Å². The van der Waals surface area contributed by atoms with Gasteiger partial charge < -0.3 is 34.2 Å². The summed E-state index contributed by atoms with van der Waals surface area (Å²) >= 11 is 0. The molecule has 0 saturated carbocycles. The summed E-state index contributed by atoms with van der Waals surface area (Å²) in [6.45, 7) is 4.44. The first-order valence-corrected chi connectivity index (χ1v) is 8.63. The molecule has 2 N–H and O–H groups in total. The van der Waals surface area contributed by atoms with Crippen molar-refractivity contribution in [1.82, 2.24) is 0 Å². The summed E-state index contributed by atoms with van der Waals surface area (Å²) in [5.74, 6) is -3.96. The molecule has 5 atom stereocenters. The van der Waals surface area contributed by atoms with Gasteiger partial charge in [0.15, 0.2) is 12.2 Å². The van der Waals surface area contributed by atoms with Crippen LogP contribution < -0.4 is 5.73 Å². The lowest BCUT2D eigenvalue weighted by atomic mass is 9.85. The topological polar surface area (TPSA) is 167 Å². The Bertz CT molecular complexity index is 664. The SMILES string of the molecule is CC(=O)OC[C@H]1O[C@H](OC(C)=O)[C@@](CN)(OC(C)=O)[C@@H](OC(C)=O)[C@@H]1OC(C)=O. The smallest absolute Gasteiger partial charge is 0.305 e. The first-order valence-electron chi connectivity index (χ1n) is 8.63. The molecule has 1 aliphatic rings. The van der Waals surface area contributed by atoms with Crippen LogP contribution in [0.2, 0.25) is 0 Å². The minimum absolute atomic E-state index is 0.441. The summed E-state index contributed by atoms with van der Waals surface area (Å²) in [6, 6.07) is 0. The molecule has 0 aromatic carbocycles. The highest BCUT2D eigenvalue weighted by molar-refractivity contribution is 5.70. The molecule has 1 rings (SSSR count). The lowest BCUT2D eigenvalue weighted by Gasteiger charge is -2.50. The van der Waals surface area contributed by atoms with E-state index >= 15 is 0 Å². The fraction of sp³-hybridized carbons (Fsp3) is 0.706. The molecule has 0 aromatic rings. The molecule has 1 aliphatic heterocycles. The fourth-order valence-corrected chi connectivity index (χ4v) is 2.87. The lowest BCUT2D eigenvalue weighted by molar-refractivity contribution is -0.333. The minimum Gasteiger partial charge on any atom is -0.463 e. The van der Waals surface area contributed by atoms with Crippen molar-refractivity contribution in [3.8, 4) is 0 Å². The molecule has 0 unspecified atom stereocenters. The van der Waals surface area contributed by atoms with Gasteiger partial charge in [0, 0.05) is 41.2 Å². The molecule has 29 heavy (non-hydrogen) atoms. The van der Waals surface area contributed by atoms with Crippen molar-refractivity contribution in [3.05, 3.63) is 0 Å². The highest BCUT2D eigenvalue weighted by Crippen LogP contribution is 2.37. The van der Waals surface area contributed by atoms with Crippen LogP contribution in [0.3, 0.4) is 0 Å². The first-order chi connectivity index (χ1) is 13.4. The van der Waals surface area contributed by atoms with Gasteiger partial charge in [0.25, 0.3) is 0 Å². The molecular weight excluding hydrogens is 394 g/mol. The number of ether oxygens (including phenoxy) is 6. The zero-order valence-electron chi connectivity index (χ0n) is 16.8. The Morgan fingerprint density at radius 3 is 1.79 bits per heavy atom. The van der Waals surface area contributed by atoms with Crippen molar-refractivity contribution in [3.63, 3.8) is 0 Å². The molecule has 12 heteroatoms. The van der Waals surface area contributed by atoms with Crippen molar-refractivity contribution < 1.29 is 52.4 Å². The lowest BCUT2D eigenvalue weighted by Crippen LogP contribution is -2.73. The number of hydrogen-bond donors (Lipinski definition) is 1. The van der Waals surface area contributed by atoms with Crippen molar-refractivity contribution in [1.29, 1.82) is 0 Å². The van der Waals surface area contributed by atoms with E-state index < -0.39 is 73.2 Å². The van der Waals surface area contributed by atoms with E-state index in [-0.39, 0.29) is 0 Å². The second-order valence-corrected chi connectivity index (χ2v) is 6.28. The van der Waals surface area contributed by atoms with Crippen LogP contribution in [0, 0.1) is 0 Å². The van der Waals surface area contributed by atoms with Gasteiger partial charge >= 0.3 is 29.8 Å². The van der Waals surface area contributed by atoms with E-state index in [1.54, 1.807) is 0 Å². The fourth-order valence-electron chi connectivity index (χ4n) is 2.87. The molecule has 1 fully saturated rings. The average Bonchev–Trinajstić information content (AvgIpc) is 2.56. The van der Waals surface area contributed by atoms with Crippen molar-refractivity contribution in [2.75, 3.05) is 13.2 Å². The Morgan fingerprint density at radius 2 is 1.38 bits per heavy atom. The van der Waals surface area contributed by atoms with Gasteiger partial charge in [-0.2, -0.15) is 0 Å².